The minimum Gasteiger partial charge on any atom is -0.337 e. The van der Waals surface area contributed by atoms with Gasteiger partial charge in [0.1, 0.15) is 5.82 Å². The van der Waals surface area contributed by atoms with E-state index in [1.807, 2.05) is 17.5 Å². The maximum Gasteiger partial charge on any atom is 0.122 e. The molecule has 2 fully saturated rings. The fraction of sp³-hybridized carbons (Fsp3) is 0.476. The number of hydrogen-bond donors (Lipinski definition) is 1. The number of fused-ring (bicyclic) bond motifs is 1. The Kier molecular flexibility index (Phi) is 4.11. The average Bonchev–Trinajstić information content (AvgIpc) is 3.00. The molecular weight excluding hydrogens is 340 g/mol. The Labute approximate surface area is 158 Å². The van der Waals surface area contributed by atoms with Gasteiger partial charge in [-0.15, -0.1) is 11.3 Å². The lowest BCUT2D eigenvalue weighted by atomic mass is 9.93. The van der Waals surface area contributed by atoms with Crippen LogP contribution < -0.4 is 5.32 Å². The predicted octanol–water partition coefficient (Wildman–Crippen LogP) is 3.78. The SMILES string of the molecule is Cn1ccnc1CN(Cc1csc2ccccc12)C1CC12CCNCC2. The van der Waals surface area contributed by atoms with Gasteiger partial charge in [-0.05, 0) is 60.2 Å². The van der Waals surface area contributed by atoms with Crippen LogP contribution >= 0.6 is 11.3 Å². The molecule has 4 nitrogen and oxygen atoms in total. The van der Waals surface area contributed by atoms with Crippen LogP contribution in [-0.4, -0.2) is 33.6 Å². The van der Waals surface area contributed by atoms with Gasteiger partial charge in [0.25, 0.3) is 0 Å². The van der Waals surface area contributed by atoms with Crippen LogP contribution in [0.15, 0.2) is 42.0 Å². The number of thiophene rings is 1. The van der Waals surface area contributed by atoms with Crippen LogP contribution in [0.25, 0.3) is 10.1 Å². The summed E-state index contributed by atoms with van der Waals surface area (Å²) in [5, 5.41) is 7.30. The molecule has 0 bridgehead atoms. The van der Waals surface area contributed by atoms with Gasteiger partial charge < -0.3 is 9.88 Å². The molecule has 1 atom stereocenters. The lowest BCUT2D eigenvalue weighted by Gasteiger charge is -2.29. The summed E-state index contributed by atoms with van der Waals surface area (Å²) in [6.45, 7) is 4.31. The average molecular weight is 367 g/mol. The number of rotatable bonds is 5. The van der Waals surface area contributed by atoms with Crippen molar-refractivity contribution in [2.24, 2.45) is 12.5 Å². The predicted molar refractivity (Wildman–Crippen MR) is 107 cm³/mol. The van der Waals surface area contributed by atoms with Gasteiger partial charge in [-0.1, -0.05) is 18.2 Å². The zero-order valence-corrected chi connectivity index (χ0v) is 16.1. The highest BCUT2D eigenvalue weighted by Gasteiger charge is 2.56. The van der Waals surface area contributed by atoms with Crippen molar-refractivity contribution < 1.29 is 0 Å². The maximum absolute atomic E-state index is 4.60. The second kappa shape index (κ2) is 6.48. The third kappa shape index (κ3) is 2.88. The van der Waals surface area contributed by atoms with Crippen molar-refractivity contribution in [1.82, 2.24) is 19.8 Å². The molecule has 2 aromatic heterocycles. The fourth-order valence-corrected chi connectivity index (χ4v) is 5.64. The molecule has 1 aliphatic heterocycles. The molecule has 0 radical (unpaired) electrons. The Bertz CT molecular complexity index is 906. The van der Waals surface area contributed by atoms with Crippen molar-refractivity contribution in [2.75, 3.05) is 13.1 Å². The standard InChI is InChI=1S/C21H26N4S/c1-24-11-10-23-20(24)14-25(19-12-21(19)6-8-22-9-7-21)13-16-15-26-18-5-3-2-4-17(16)18/h2-5,10-11,15,19,22H,6-9,12-14H2,1H3. The first-order chi connectivity index (χ1) is 12.8. The molecule has 1 unspecified atom stereocenters. The highest BCUT2D eigenvalue weighted by Crippen LogP contribution is 2.56. The molecule has 1 N–H and O–H groups in total. The summed E-state index contributed by atoms with van der Waals surface area (Å²) < 4.78 is 3.56. The van der Waals surface area contributed by atoms with Crippen LogP contribution in [0.4, 0.5) is 0 Å². The summed E-state index contributed by atoms with van der Waals surface area (Å²) >= 11 is 1.87. The van der Waals surface area contributed by atoms with Gasteiger partial charge in [-0.25, -0.2) is 4.98 Å². The van der Waals surface area contributed by atoms with Gasteiger partial charge in [0.05, 0.1) is 6.54 Å². The van der Waals surface area contributed by atoms with Gasteiger partial charge in [-0.3, -0.25) is 4.90 Å². The van der Waals surface area contributed by atoms with Gasteiger partial charge in [-0.2, -0.15) is 0 Å². The molecule has 1 aliphatic carbocycles. The van der Waals surface area contributed by atoms with E-state index in [-0.39, 0.29) is 0 Å². The monoisotopic (exact) mass is 366 g/mol. The van der Waals surface area contributed by atoms with E-state index in [0.717, 1.165) is 13.1 Å². The zero-order chi connectivity index (χ0) is 17.6. The van der Waals surface area contributed by atoms with E-state index < -0.39 is 0 Å². The third-order valence-corrected chi connectivity index (χ3v) is 7.40. The second-order valence-electron chi connectivity index (χ2n) is 7.95. The summed E-state index contributed by atoms with van der Waals surface area (Å²) in [6, 6.07) is 9.50. The number of benzene rings is 1. The van der Waals surface area contributed by atoms with Crippen LogP contribution in [0.3, 0.4) is 0 Å². The first-order valence-corrected chi connectivity index (χ1v) is 10.5. The topological polar surface area (TPSA) is 33.1 Å². The van der Waals surface area contributed by atoms with Gasteiger partial charge in [0, 0.05) is 36.7 Å². The van der Waals surface area contributed by atoms with E-state index in [1.54, 1.807) is 0 Å². The summed E-state index contributed by atoms with van der Waals surface area (Å²) in [4.78, 5) is 7.30. The minimum absolute atomic E-state index is 0.544. The number of aromatic nitrogens is 2. The van der Waals surface area contributed by atoms with Crippen molar-refractivity contribution in [2.45, 2.75) is 38.4 Å². The molecule has 1 saturated heterocycles. The number of piperidine rings is 1. The second-order valence-corrected chi connectivity index (χ2v) is 8.86. The van der Waals surface area contributed by atoms with Crippen molar-refractivity contribution in [1.29, 1.82) is 0 Å². The van der Waals surface area contributed by atoms with E-state index in [0.29, 0.717) is 11.5 Å². The molecule has 26 heavy (non-hydrogen) atoms. The van der Waals surface area contributed by atoms with Gasteiger partial charge in [0.2, 0.25) is 0 Å². The molecule has 136 valence electrons. The lowest BCUT2D eigenvalue weighted by molar-refractivity contribution is 0.183. The van der Waals surface area contributed by atoms with Gasteiger partial charge >= 0.3 is 0 Å². The van der Waals surface area contributed by atoms with Crippen molar-refractivity contribution in [3.63, 3.8) is 0 Å². The Balaban J connectivity index is 1.43. The molecule has 5 rings (SSSR count). The molecule has 1 aromatic carbocycles. The number of hydrogen-bond acceptors (Lipinski definition) is 4. The molecule has 1 spiro atoms. The highest BCUT2D eigenvalue weighted by atomic mass is 32.1. The molecule has 3 aromatic rings. The summed E-state index contributed by atoms with van der Waals surface area (Å²) in [6.07, 6.45) is 7.96. The van der Waals surface area contributed by atoms with E-state index in [4.69, 9.17) is 0 Å². The molecule has 0 amide bonds. The Morgan fingerprint density at radius 3 is 2.92 bits per heavy atom. The van der Waals surface area contributed by atoms with Crippen LogP contribution in [0, 0.1) is 5.41 Å². The van der Waals surface area contributed by atoms with E-state index in [2.05, 4.69) is 62.7 Å². The summed E-state index contributed by atoms with van der Waals surface area (Å²) in [5.74, 6) is 1.17. The van der Waals surface area contributed by atoms with Gasteiger partial charge in [0.15, 0.2) is 0 Å². The molecule has 1 saturated carbocycles. The fourth-order valence-electron chi connectivity index (χ4n) is 4.69. The Morgan fingerprint density at radius 2 is 2.12 bits per heavy atom. The van der Waals surface area contributed by atoms with Crippen LogP contribution in [-0.2, 0) is 20.1 Å². The van der Waals surface area contributed by atoms with Crippen molar-refractivity contribution in [3.05, 3.63) is 53.4 Å². The summed E-state index contributed by atoms with van der Waals surface area (Å²) in [5.41, 5.74) is 2.01. The Morgan fingerprint density at radius 1 is 1.27 bits per heavy atom. The Hall–Kier alpha value is -1.69. The van der Waals surface area contributed by atoms with Crippen LogP contribution in [0.5, 0.6) is 0 Å². The zero-order valence-electron chi connectivity index (χ0n) is 15.3. The minimum atomic E-state index is 0.544. The largest absolute Gasteiger partial charge is 0.337 e. The van der Waals surface area contributed by atoms with E-state index in [9.17, 15) is 0 Å². The number of nitrogens with one attached hydrogen (secondary N) is 1. The first-order valence-electron chi connectivity index (χ1n) is 9.61. The van der Waals surface area contributed by atoms with E-state index in [1.165, 1.54) is 53.8 Å². The molecule has 2 aliphatic rings. The molecule has 3 heterocycles. The number of nitrogens with zero attached hydrogens (tertiary/aromatic N) is 3. The number of imidazole rings is 1. The van der Waals surface area contributed by atoms with Crippen molar-refractivity contribution in [3.8, 4) is 0 Å². The quantitative estimate of drug-likeness (QED) is 0.746. The van der Waals surface area contributed by atoms with Crippen LogP contribution in [0.2, 0.25) is 0 Å². The highest BCUT2D eigenvalue weighted by molar-refractivity contribution is 7.17. The molecule has 5 heteroatoms. The maximum atomic E-state index is 4.60. The van der Waals surface area contributed by atoms with E-state index >= 15 is 0 Å². The van der Waals surface area contributed by atoms with Crippen LogP contribution in [0.1, 0.15) is 30.7 Å². The normalized spacial score (nSPS) is 21.7. The third-order valence-electron chi connectivity index (χ3n) is 6.39. The smallest absolute Gasteiger partial charge is 0.122 e. The molecular formula is C21H26N4S. The first kappa shape index (κ1) is 16.5. The van der Waals surface area contributed by atoms with Crippen molar-refractivity contribution >= 4 is 21.4 Å². The lowest BCUT2D eigenvalue weighted by Crippen LogP contribution is -2.36. The number of aryl methyl sites for hydroxylation is 1. The summed E-state index contributed by atoms with van der Waals surface area (Å²) in [7, 11) is 2.10.